The van der Waals surface area contributed by atoms with E-state index in [4.69, 9.17) is 10.6 Å². The number of carboxylic acids is 1. The van der Waals surface area contributed by atoms with Gasteiger partial charge in [0.2, 0.25) is 0 Å². The summed E-state index contributed by atoms with van der Waals surface area (Å²) in [7, 11) is 0. The van der Waals surface area contributed by atoms with E-state index in [0.29, 0.717) is 5.69 Å². The zero-order valence-electron chi connectivity index (χ0n) is 6.19. The van der Waals surface area contributed by atoms with Gasteiger partial charge in [0.05, 0.1) is 6.33 Å². The van der Waals surface area contributed by atoms with Crippen molar-refractivity contribution in [3.63, 3.8) is 0 Å². The fourth-order valence-electron chi connectivity index (χ4n) is 0.793. The molecule has 1 rings (SSSR count). The van der Waals surface area contributed by atoms with E-state index in [0.717, 1.165) is 0 Å². The molecule has 1 aromatic rings. The molecule has 0 aliphatic heterocycles. The number of hydrogen-bond donors (Lipinski definition) is 3. The number of imidazole rings is 1. The molecule has 64 valence electrons. The Morgan fingerprint density at radius 3 is 3.08 bits per heavy atom. The summed E-state index contributed by atoms with van der Waals surface area (Å²) in [4.78, 5) is 16.9. The van der Waals surface area contributed by atoms with Crippen LogP contribution in [0.4, 0.5) is 0 Å². The summed E-state index contributed by atoms with van der Waals surface area (Å²) in [5.41, 5.74) is 7.27. The largest absolute Gasteiger partial charge is 0.480 e. The molecule has 12 heavy (non-hydrogen) atoms. The zero-order valence-corrected chi connectivity index (χ0v) is 6.19. The first-order valence-corrected chi connectivity index (χ1v) is 3.30. The van der Waals surface area contributed by atoms with Crippen LogP contribution in [0.3, 0.4) is 0 Å². The van der Waals surface area contributed by atoms with Crippen molar-refractivity contribution in [2.45, 2.75) is 12.5 Å². The van der Waals surface area contributed by atoms with Crippen LogP contribution in [0.25, 0.3) is 0 Å². The number of H-pyrrole nitrogens is 1. The summed E-state index contributed by atoms with van der Waals surface area (Å²) < 4.78 is 0. The highest BCUT2D eigenvalue weighted by atomic mass is 16.4. The zero-order chi connectivity index (χ0) is 8.97. The van der Waals surface area contributed by atoms with Gasteiger partial charge in [-0.2, -0.15) is 5.11 Å². The monoisotopic (exact) mass is 168 g/mol. The topological polar surface area (TPSA) is 102 Å². The molecular weight excluding hydrogens is 160 g/mol. The van der Waals surface area contributed by atoms with Gasteiger partial charge in [0.1, 0.15) is 0 Å². The maximum absolute atomic E-state index is 10.4. The summed E-state index contributed by atoms with van der Waals surface area (Å²) in [6.07, 6.45) is 3.15. The van der Waals surface area contributed by atoms with E-state index < -0.39 is 12.0 Å². The average Bonchev–Trinajstić information content (AvgIpc) is 2.51. The maximum Gasteiger partial charge on any atom is 0.330 e. The van der Waals surface area contributed by atoms with Crippen molar-refractivity contribution >= 4 is 5.97 Å². The van der Waals surface area contributed by atoms with Gasteiger partial charge in [0.25, 0.3) is 0 Å². The van der Waals surface area contributed by atoms with Crippen LogP contribution in [0.15, 0.2) is 17.6 Å². The molecule has 6 heteroatoms. The van der Waals surface area contributed by atoms with E-state index in [2.05, 4.69) is 15.1 Å². The second kappa shape index (κ2) is 3.61. The standard InChI is InChI=1S/C6H8N4O2/c7-10-5(6(11)12)1-4-2-8-3-9-4/h2-3,5,7H,1H2,(H,8,9)(H,11,12)/t5-/m0/s1. The minimum Gasteiger partial charge on any atom is -0.480 e. The van der Waals surface area contributed by atoms with Gasteiger partial charge in [-0.1, -0.05) is 0 Å². The van der Waals surface area contributed by atoms with E-state index in [9.17, 15) is 4.79 Å². The molecule has 0 spiro atoms. The highest BCUT2D eigenvalue weighted by Crippen LogP contribution is 2.01. The van der Waals surface area contributed by atoms with Crippen molar-refractivity contribution in [1.82, 2.24) is 9.97 Å². The first kappa shape index (κ1) is 8.38. The number of rotatable bonds is 4. The molecule has 0 bridgehead atoms. The van der Waals surface area contributed by atoms with Gasteiger partial charge in [-0.25, -0.2) is 15.3 Å². The predicted octanol–water partition coefficient (Wildman–Crippen LogP) is 0.436. The van der Waals surface area contributed by atoms with E-state index in [1.807, 2.05) is 0 Å². The number of carbonyl (C=O) groups is 1. The molecule has 1 aromatic heterocycles. The molecule has 1 heterocycles. The smallest absolute Gasteiger partial charge is 0.330 e. The van der Waals surface area contributed by atoms with E-state index >= 15 is 0 Å². The Bertz CT molecular complexity index is 269. The average molecular weight is 168 g/mol. The van der Waals surface area contributed by atoms with E-state index in [1.54, 1.807) is 0 Å². The third-order valence-corrected chi connectivity index (χ3v) is 1.41. The Labute approximate surface area is 68.1 Å². The predicted molar refractivity (Wildman–Crippen MR) is 38.9 cm³/mol. The lowest BCUT2D eigenvalue weighted by Gasteiger charge is -2.01. The Morgan fingerprint density at radius 2 is 2.67 bits per heavy atom. The maximum atomic E-state index is 10.4. The number of nitrogens with one attached hydrogen (secondary N) is 2. The van der Waals surface area contributed by atoms with Gasteiger partial charge in [-0.3, -0.25) is 0 Å². The number of aliphatic carboxylic acids is 1. The lowest BCUT2D eigenvalue weighted by molar-refractivity contribution is -0.138. The van der Waals surface area contributed by atoms with E-state index in [-0.39, 0.29) is 6.42 Å². The Hall–Kier alpha value is -1.72. The Balaban J connectivity index is 2.60. The molecule has 6 nitrogen and oxygen atoms in total. The van der Waals surface area contributed by atoms with Crippen LogP contribution in [0, 0.1) is 5.53 Å². The second-order valence-corrected chi connectivity index (χ2v) is 2.26. The molecule has 1 atom stereocenters. The fraction of sp³-hybridized carbons (Fsp3) is 0.333. The Kier molecular flexibility index (Phi) is 2.52. The quantitative estimate of drug-likeness (QED) is 0.568. The Morgan fingerprint density at radius 1 is 1.92 bits per heavy atom. The summed E-state index contributed by atoms with van der Waals surface area (Å²) >= 11 is 0. The molecular formula is C6H8N4O2. The molecule has 0 saturated carbocycles. The summed E-state index contributed by atoms with van der Waals surface area (Å²) in [5, 5.41) is 11.5. The number of aromatic amines is 1. The van der Waals surface area contributed by atoms with Crippen molar-refractivity contribution in [1.29, 1.82) is 5.53 Å². The first-order chi connectivity index (χ1) is 5.74. The second-order valence-electron chi connectivity index (χ2n) is 2.26. The highest BCUT2D eigenvalue weighted by molar-refractivity contribution is 5.73. The minimum atomic E-state index is -1.10. The van der Waals surface area contributed by atoms with Crippen LogP contribution in [0.2, 0.25) is 0 Å². The van der Waals surface area contributed by atoms with Crippen LogP contribution in [0.5, 0.6) is 0 Å². The van der Waals surface area contributed by atoms with Crippen LogP contribution < -0.4 is 0 Å². The van der Waals surface area contributed by atoms with E-state index in [1.165, 1.54) is 12.5 Å². The van der Waals surface area contributed by atoms with Gasteiger partial charge < -0.3 is 10.1 Å². The summed E-state index contributed by atoms with van der Waals surface area (Å²) in [5.74, 6) is -1.10. The van der Waals surface area contributed by atoms with Gasteiger partial charge in [0, 0.05) is 18.3 Å². The summed E-state index contributed by atoms with van der Waals surface area (Å²) in [6.45, 7) is 0. The first-order valence-electron chi connectivity index (χ1n) is 3.30. The lowest BCUT2D eigenvalue weighted by atomic mass is 10.2. The van der Waals surface area contributed by atoms with Gasteiger partial charge in [0.15, 0.2) is 6.04 Å². The van der Waals surface area contributed by atoms with Crippen LogP contribution in [0.1, 0.15) is 5.69 Å². The molecule has 0 radical (unpaired) electrons. The van der Waals surface area contributed by atoms with Gasteiger partial charge >= 0.3 is 5.97 Å². The fourth-order valence-corrected chi connectivity index (χ4v) is 0.793. The SMILES string of the molecule is N=N[C@@H](Cc1cnc[nH]1)C(=O)O. The van der Waals surface area contributed by atoms with Crippen molar-refractivity contribution < 1.29 is 9.90 Å². The minimum absolute atomic E-state index is 0.179. The normalized spacial score (nSPS) is 12.3. The van der Waals surface area contributed by atoms with Crippen molar-refractivity contribution in [3.8, 4) is 0 Å². The van der Waals surface area contributed by atoms with Crippen LogP contribution in [-0.2, 0) is 11.2 Å². The van der Waals surface area contributed by atoms with Crippen LogP contribution in [-0.4, -0.2) is 27.1 Å². The van der Waals surface area contributed by atoms with Crippen molar-refractivity contribution in [2.75, 3.05) is 0 Å². The number of aromatic nitrogens is 2. The highest BCUT2D eigenvalue weighted by Gasteiger charge is 2.16. The third kappa shape index (κ3) is 1.88. The van der Waals surface area contributed by atoms with Gasteiger partial charge in [-0.15, -0.1) is 0 Å². The molecule has 0 aromatic carbocycles. The third-order valence-electron chi connectivity index (χ3n) is 1.41. The number of nitrogens with zero attached hydrogens (tertiary/aromatic N) is 2. The number of carboxylic acid groups (broad SMARTS) is 1. The molecule has 0 amide bonds. The van der Waals surface area contributed by atoms with Crippen LogP contribution >= 0.6 is 0 Å². The summed E-state index contributed by atoms with van der Waals surface area (Å²) in [6, 6.07) is -1.01. The molecule has 0 aliphatic carbocycles. The van der Waals surface area contributed by atoms with Gasteiger partial charge in [-0.05, 0) is 0 Å². The lowest BCUT2D eigenvalue weighted by Crippen LogP contribution is -2.19. The molecule has 0 aliphatic rings. The molecule has 0 saturated heterocycles. The van der Waals surface area contributed by atoms with Crippen molar-refractivity contribution in [3.05, 3.63) is 18.2 Å². The molecule has 3 N–H and O–H groups in total. The van der Waals surface area contributed by atoms with Crippen molar-refractivity contribution in [2.24, 2.45) is 5.11 Å². The molecule has 0 fully saturated rings. The number of hydrogen-bond acceptors (Lipinski definition) is 4. The molecule has 0 unspecified atom stereocenters.